The SMILES string of the molecule is CC1(C)SC2C(C(=O)[C@@H]2NC(=O)C(N)c2ccc(O)cc2)C1C(=O)O. The minimum absolute atomic E-state index is 0.0673. The number of fused-ring (bicyclic) bond motifs is 1. The van der Waals surface area contributed by atoms with E-state index in [0.29, 0.717) is 5.56 Å². The summed E-state index contributed by atoms with van der Waals surface area (Å²) in [6.07, 6.45) is 0. The number of rotatable bonds is 4. The van der Waals surface area contributed by atoms with Crippen molar-refractivity contribution in [3.63, 3.8) is 0 Å². The van der Waals surface area contributed by atoms with Gasteiger partial charge < -0.3 is 21.3 Å². The van der Waals surface area contributed by atoms with Crippen LogP contribution in [0.15, 0.2) is 24.3 Å². The summed E-state index contributed by atoms with van der Waals surface area (Å²) in [4.78, 5) is 36.3. The van der Waals surface area contributed by atoms with Crippen LogP contribution < -0.4 is 11.1 Å². The zero-order valence-electron chi connectivity index (χ0n) is 13.8. The van der Waals surface area contributed by atoms with Gasteiger partial charge in [-0.1, -0.05) is 12.1 Å². The summed E-state index contributed by atoms with van der Waals surface area (Å²) >= 11 is 1.43. The lowest BCUT2D eigenvalue weighted by molar-refractivity contribution is -0.151. The highest BCUT2D eigenvalue weighted by molar-refractivity contribution is 8.01. The molecule has 2 aliphatic rings. The molecule has 1 aromatic carbocycles. The summed E-state index contributed by atoms with van der Waals surface area (Å²) < 4.78 is -0.574. The van der Waals surface area contributed by atoms with Crippen molar-refractivity contribution in [3.8, 4) is 5.75 Å². The van der Waals surface area contributed by atoms with Gasteiger partial charge in [-0.15, -0.1) is 11.8 Å². The number of carbonyl (C=O) groups excluding carboxylic acids is 2. The third kappa shape index (κ3) is 2.89. The van der Waals surface area contributed by atoms with Gasteiger partial charge in [0.25, 0.3) is 0 Å². The van der Waals surface area contributed by atoms with Crippen LogP contribution in [-0.2, 0) is 14.4 Å². The summed E-state index contributed by atoms with van der Waals surface area (Å²) in [5, 5.41) is 21.1. The minimum atomic E-state index is -0.982. The topological polar surface area (TPSA) is 130 Å². The van der Waals surface area contributed by atoms with E-state index in [4.69, 9.17) is 5.73 Å². The molecule has 8 heteroatoms. The number of carboxylic acid groups (broad SMARTS) is 1. The summed E-state index contributed by atoms with van der Waals surface area (Å²) in [5.74, 6) is -3.00. The molecule has 5 N–H and O–H groups in total. The van der Waals surface area contributed by atoms with Gasteiger partial charge in [0.1, 0.15) is 17.8 Å². The number of amides is 1. The van der Waals surface area contributed by atoms with Crippen molar-refractivity contribution in [2.75, 3.05) is 0 Å². The maximum Gasteiger partial charge on any atom is 0.308 e. The zero-order valence-corrected chi connectivity index (χ0v) is 14.6. The van der Waals surface area contributed by atoms with Crippen molar-refractivity contribution in [1.82, 2.24) is 5.32 Å². The van der Waals surface area contributed by atoms with Gasteiger partial charge in [0.2, 0.25) is 5.91 Å². The Morgan fingerprint density at radius 2 is 1.88 bits per heavy atom. The van der Waals surface area contributed by atoms with Crippen LogP contribution in [-0.4, -0.2) is 43.9 Å². The van der Waals surface area contributed by atoms with Crippen LogP contribution in [0.3, 0.4) is 0 Å². The largest absolute Gasteiger partial charge is 0.508 e. The second kappa shape index (κ2) is 6.03. The number of Topliss-reactive ketones (excluding diaryl/α,β-unsaturated/α-hetero) is 1. The van der Waals surface area contributed by atoms with Crippen LogP contribution in [0.5, 0.6) is 5.75 Å². The van der Waals surface area contributed by atoms with Crippen molar-refractivity contribution in [2.45, 2.75) is 35.9 Å². The molecule has 1 aromatic rings. The maximum atomic E-state index is 12.4. The van der Waals surface area contributed by atoms with Gasteiger partial charge in [-0.05, 0) is 31.5 Å². The summed E-state index contributed by atoms with van der Waals surface area (Å²) in [7, 11) is 0. The fourth-order valence-electron chi connectivity index (χ4n) is 3.65. The van der Waals surface area contributed by atoms with Gasteiger partial charge in [-0.2, -0.15) is 0 Å². The lowest BCUT2D eigenvalue weighted by atomic mass is 9.67. The lowest BCUT2D eigenvalue weighted by Gasteiger charge is -2.39. The van der Waals surface area contributed by atoms with E-state index in [-0.39, 0.29) is 16.8 Å². The number of ketones is 1. The van der Waals surface area contributed by atoms with Gasteiger partial charge in [0.15, 0.2) is 5.78 Å². The molecule has 2 fully saturated rings. The molecule has 4 unspecified atom stereocenters. The number of nitrogens with two attached hydrogens (primary N) is 1. The summed E-state index contributed by atoms with van der Waals surface area (Å²) in [5.41, 5.74) is 6.44. The smallest absolute Gasteiger partial charge is 0.308 e. The number of phenolic OH excluding ortho intramolecular Hbond substituents is 1. The number of carbonyl (C=O) groups is 3. The van der Waals surface area contributed by atoms with E-state index in [1.807, 2.05) is 13.8 Å². The van der Waals surface area contributed by atoms with Gasteiger partial charge >= 0.3 is 5.97 Å². The van der Waals surface area contributed by atoms with E-state index in [2.05, 4.69) is 5.32 Å². The molecule has 1 saturated heterocycles. The Labute approximate surface area is 149 Å². The Morgan fingerprint density at radius 3 is 2.44 bits per heavy atom. The second-order valence-corrected chi connectivity index (χ2v) is 8.82. The van der Waals surface area contributed by atoms with Crippen molar-refractivity contribution in [3.05, 3.63) is 29.8 Å². The number of benzene rings is 1. The molecule has 1 saturated carbocycles. The van der Waals surface area contributed by atoms with Crippen LogP contribution >= 0.6 is 11.8 Å². The normalized spacial score (nSPS) is 30.9. The van der Waals surface area contributed by atoms with Gasteiger partial charge in [0, 0.05) is 15.9 Å². The number of thioether (sulfide) groups is 1. The molecular formula is C17H20N2O5S. The van der Waals surface area contributed by atoms with Crippen molar-refractivity contribution >= 4 is 29.4 Å². The third-order valence-electron chi connectivity index (χ3n) is 4.96. The third-order valence-corrected chi connectivity index (χ3v) is 6.66. The molecule has 5 atom stereocenters. The van der Waals surface area contributed by atoms with E-state index < -0.39 is 40.5 Å². The predicted octanol–water partition coefficient (Wildman–Crippen LogP) is 0.670. The molecule has 25 heavy (non-hydrogen) atoms. The lowest BCUT2D eigenvalue weighted by Crippen LogP contribution is -2.64. The number of aliphatic carboxylic acids is 1. The fraction of sp³-hybridized carbons (Fsp3) is 0.471. The van der Waals surface area contributed by atoms with Gasteiger partial charge in [-0.3, -0.25) is 14.4 Å². The molecule has 1 amide bonds. The number of phenols is 1. The molecule has 0 radical (unpaired) electrons. The highest BCUT2D eigenvalue weighted by Gasteiger charge is 2.66. The fourth-order valence-corrected chi connectivity index (χ4v) is 5.52. The minimum Gasteiger partial charge on any atom is -0.508 e. The predicted molar refractivity (Wildman–Crippen MR) is 92.0 cm³/mol. The van der Waals surface area contributed by atoms with Gasteiger partial charge in [-0.25, -0.2) is 0 Å². The van der Waals surface area contributed by atoms with Crippen molar-refractivity contribution < 1.29 is 24.6 Å². The van der Waals surface area contributed by atoms with Crippen molar-refractivity contribution in [1.29, 1.82) is 0 Å². The molecule has 134 valence electrons. The Morgan fingerprint density at radius 1 is 1.28 bits per heavy atom. The molecular weight excluding hydrogens is 344 g/mol. The Kier molecular flexibility index (Phi) is 4.28. The first-order chi connectivity index (χ1) is 11.6. The number of nitrogens with one attached hydrogen (secondary N) is 1. The number of hydrogen-bond acceptors (Lipinski definition) is 6. The number of aromatic hydroxyl groups is 1. The molecule has 1 aliphatic heterocycles. The quantitative estimate of drug-likeness (QED) is 0.618. The van der Waals surface area contributed by atoms with E-state index in [9.17, 15) is 24.6 Å². The van der Waals surface area contributed by atoms with Crippen LogP contribution in [0.1, 0.15) is 25.5 Å². The first-order valence-corrected chi connectivity index (χ1v) is 8.80. The van der Waals surface area contributed by atoms with E-state index in [0.717, 1.165) is 0 Å². The summed E-state index contributed by atoms with van der Waals surface area (Å²) in [6.45, 7) is 3.62. The molecule has 1 aliphatic carbocycles. The molecule has 0 aromatic heterocycles. The van der Waals surface area contributed by atoms with Crippen LogP contribution in [0, 0.1) is 11.8 Å². The zero-order chi connectivity index (χ0) is 18.5. The Balaban J connectivity index is 1.70. The molecule has 1 heterocycles. The monoisotopic (exact) mass is 364 g/mol. The van der Waals surface area contributed by atoms with Crippen LogP contribution in [0.2, 0.25) is 0 Å². The van der Waals surface area contributed by atoms with Crippen LogP contribution in [0.25, 0.3) is 0 Å². The molecule has 0 spiro atoms. The van der Waals surface area contributed by atoms with Gasteiger partial charge in [0.05, 0.1) is 5.92 Å². The van der Waals surface area contributed by atoms with E-state index in [1.165, 1.54) is 23.9 Å². The highest BCUT2D eigenvalue weighted by atomic mass is 32.2. The first-order valence-electron chi connectivity index (χ1n) is 7.92. The molecule has 0 bridgehead atoms. The van der Waals surface area contributed by atoms with Crippen molar-refractivity contribution in [2.24, 2.45) is 17.6 Å². The van der Waals surface area contributed by atoms with E-state index in [1.54, 1.807) is 12.1 Å². The standard InChI is InChI=1S/C17H20N2O5S/c1-17(2)10(16(23)24)9-13(21)12(14(9)25-17)19-15(22)11(18)7-3-5-8(20)6-4-7/h3-6,9-12,14,20H,18H2,1-2H3,(H,19,22)(H,23,24)/t9?,10?,11?,12-,14?/m0/s1. The summed E-state index contributed by atoms with van der Waals surface area (Å²) in [6, 6.07) is 4.26. The second-order valence-electron chi connectivity index (χ2n) is 6.99. The average molecular weight is 364 g/mol. The number of hydrogen-bond donors (Lipinski definition) is 4. The number of carboxylic acids is 1. The Bertz CT molecular complexity index is 733. The molecule has 7 nitrogen and oxygen atoms in total. The highest BCUT2D eigenvalue weighted by Crippen LogP contribution is 2.57. The average Bonchev–Trinajstić information content (AvgIpc) is 2.80. The Hall–Kier alpha value is -2.06. The molecule has 3 rings (SSSR count). The first kappa shape index (κ1) is 17.8. The van der Waals surface area contributed by atoms with E-state index >= 15 is 0 Å². The maximum absolute atomic E-state index is 12.4. The van der Waals surface area contributed by atoms with Crippen LogP contribution in [0.4, 0.5) is 0 Å².